The van der Waals surface area contributed by atoms with Gasteiger partial charge in [-0.05, 0) is 19.4 Å². The number of carbonyl (C=O) groups is 1. The molecule has 0 aromatic carbocycles. The Labute approximate surface area is 98.3 Å². The van der Waals surface area contributed by atoms with Crippen molar-refractivity contribution in [3.63, 3.8) is 0 Å². The van der Waals surface area contributed by atoms with E-state index in [4.69, 9.17) is 6.42 Å². The molecule has 17 heavy (non-hydrogen) atoms. The lowest BCUT2D eigenvalue weighted by molar-refractivity contribution is -0.187. The van der Waals surface area contributed by atoms with E-state index in [0.717, 1.165) is 0 Å². The van der Waals surface area contributed by atoms with Crippen molar-refractivity contribution < 1.29 is 18.0 Å². The van der Waals surface area contributed by atoms with E-state index in [0.29, 0.717) is 13.0 Å². The van der Waals surface area contributed by atoms with Crippen molar-refractivity contribution in [2.75, 3.05) is 26.2 Å². The molecular formula is C11H15F3N2O. The summed E-state index contributed by atoms with van der Waals surface area (Å²) in [5, 5.41) is 2.44. The van der Waals surface area contributed by atoms with E-state index in [9.17, 15) is 18.0 Å². The first kappa shape index (κ1) is 13.8. The predicted octanol–water partition coefficient (Wildman–Crippen LogP) is 1.01. The summed E-state index contributed by atoms with van der Waals surface area (Å²) in [5.41, 5.74) is 0. The van der Waals surface area contributed by atoms with Crippen molar-refractivity contribution in [3.05, 3.63) is 0 Å². The average Bonchev–Trinajstić information content (AvgIpc) is 2.25. The zero-order chi connectivity index (χ0) is 12.9. The lowest BCUT2D eigenvalue weighted by atomic mass is 9.97. The van der Waals surface area contributed by atoms with Crippen LogP contribution in [0.2, 0.25) is 0 Å². The molecule has 0 unspecified atom stereocenters. The molecule has 0 aromatic heterocycles. The molecule has 0 aliphatic carbocycles. The highest BCUT2D eigenvalue weighted by Gasteiger charge is 2.41. The van der Waals surface area contributed by atoms with Gasteiger partial charge in [0, 0.05) is 6.54 Å². The van der Waals surface area contributed by atoms with Crippen LogP contribution in [-0.2, 0) is 4.79 Å². The Hall–Kier alpha value is -1.22. The van der Waals surface area contributed by atoms with Gasteiger partial charge < -0.3 is 5.32 Å². The zero-order valence-electron chi connectivity index (χ0n) is 9.39. The minimum atomic E-state index is -4.17. The van der Waals surface area contributed by atoms with E-state index < -0.39 is 12.1 Å². The summed E-state index contributed by atoms with van der Waals surface area (Å²) >= 11 is 0. The molecule has 1 atom stereocenters. The molecule has 0 aromatic rings. The second-order valence-corrected chi connectivity index (χ2v) is 4.10. The van der Waals surface area contributed by atoms with Crippen molar-refractivity contribution in [2.45, 2.75) is 19.0 Å². The van der Waals surface area contributed by atoms with Gasteiger partial charge in [0.25, 0.3) is 0 Å². The SMILES string of the molecule is C#CCNC(=O)CN1CCC[C@H](C(F)(F)F)C1. The van der Waals surface area contributed by atoms with Crippen LogP contribution in [0, 0.1) is 18.3 Å². The molecule has 1 rings (SSSR count). The first-order valence-corrected chi connectivity index (χ1v) is 5.42. The van der Waals surface area contributed by atoms with Crippen LogP contribution in [-0.4, -0.2) is 43.2 Å². The Morgan fingerprint density at radius 2 is 2.24 bits per heavy atom. The number of terminal acetylenes is 1. The Balaban J connectivity index is 2.40. The summed E-state index contributed by atoms with van der Waals surface area (Å²) in [6.07, 6.45) is 1.40. The topological polar surface area (TPSA) is 32.3 Å². The van der Waals surface area contributed by atoms with E-state index >= 15 is 0 Å². The highest BCUT2D eigenvalue weighted by atomic mass is 19.4. The second kappa shape index (κ2) is 5.92. The number of nitrogens with zero attached hydrogens (tertiary/aromatic N) is 1. The Morgan fingerprint density at radius 3 is 2.82 bits per heavy atom. The van der Waals surface area contributed by atoms with Gasteiger partial charge in [0.05, 0.1) is 19.0 Å². The average molecular weight is 248 g/mol. The highest BCUT2D eigenvalue weighted by Crippen LogP contribution is 2.32. The number of nitrogens with one attached hydrogen (secondary N) is 1. The number of rotatable bonds is 3. The van der Waals surface area contributed by atoms with Crippen molar-refractivity contribution in [2.24, 2.45) is 5.92 Å². The van der Waals surface area contributed by atoms with Crippen molar-refractivity contribution >= 4 is 5.91 Å². The number of hydrogen-bond acceptors (Lipinski definition) is 2. The Bertz CT molecular complexity index is 309. The molecular weight excluding hydrogens is 233 g/mol. The first-order chi connectivity index (χ1) is 7.93. The van der Waals surface area contributed by atoms with E-state index in [1.54, 1.807) is 0 Å². The van der Waals surface area contributed by atoms with E-state index in [-0.39, 0.29) is 32.0 Å². The molecule has 1 aliphatic rings. The van der Waals surface area contributed by atoms with Gasteiger partial charge >= 0.3 is 6.18 Å². The lowest BCUT2D eigenvalue weighted by Gasteiger charge is -2.33. The maximum Gasteiger partial charge on any atom is 0.393 e. The van der Waals surface area contributed by atoms with Crippen molar-refractivity contribution in [3.8, 4) is 12.3 Å². The molecule has 3 nitrogen and oxygen atoms in total. The van der Waals surface area contributed by atoms with Gasteiger partial charge in [-0.15, -0.1) is 6.42 Å². The summed E-state index contributed by atoms with van der Waals surface area (Å²) in [7, 11) is 0. The number of carbonyl (C=O) groups excluding carboxylic acids is 1. The third-order valence-corrected chi connectivity index (χ3v) is 2.72. The molecule has 6 heteroatoms. The van der Waals surface area contributed by atoms with Crippen LogP contribution in [0.5, 0.6) is 0 Å². The van der Waals surface area contributed by atoms with Gasteiger partial charge in [-0.3, -0.25) is 9.69 Å². The normalized spacial score (nSPS) is 21.9. The first-order valence-electron chi connectivity index (χ1n) is 5.42. The monoisotopic (exact) mass is 248 g/mol. The summed E-state index contributed by atoms with van der Waals surface area (Å²) < 4.78 is 37.5. The van der Waals surface area contributed by atoms with E-state index in [2.05, 4.69) is 11.2 Å². The number of alkyl halides is 3. The predicted molar refractivity (Wildman–Crippen MR) is 57.1 cm³/mol. The molecule has 0 bridgehead atoms. The highest BCUT2D eigenvalue weighted by molar-refractivity contribution is 5.78. The maximum atomic E-state index is 12.5. The number of piperidine rings is 1. The smallest absolute Gasteiger partial charge is 0.344 e. The van der Waals surface area contributed by atoms with Crippen LogP contribution in [0.1, 0.15) is 12.8 Å². The summed E-state index contributed by atoms with van der Waals surface area (Å²) in [5.74, 6) is 0.588. The van der Waals surface area contributed by atoms with Gasteiger partial charge in [-0.25, -0.2) is 0 Å². The number of hydrogen-bond donors (Lipinski definition) is 1. The fourth-order valence-electron chi connectivity index (χ4n) is 1.87. The van der Waals surface area contributed by atoms with Crippen molar-refractivity contribution in [1.29, 1.82) is 0 Å². The van der Waals surface area contributed by atoms with Gasteiger partial charge in [0.2, 0.25) is 5.91 Å². The number of halogens is 3. The third-order valence-electron chi connectivity index (χ3n) is 2.72. The standard InChI is InChI=1S/C11H15F3N2O/c1-2-5-15-10(17)8-16-6-3-4-9(7-16)11(12,13)14/h1,9H,3-8H2,(H,15,17)/t9-/m0/s1. The Morgan fingerprint density at radius 1 is 1.53 bits per heavy atom. The van der Waals surface area contributed by atoms with Crippen LogP contribution < -0.4 is 5.32 Å². The molecule has 0 radical (unpaired) electrons. The largest absolute Gasteiger partial charge is 0.393 e. The van der Waals surface area contributed by atoms with Gasteiger partial charge in [0.15, 0.2) is 0 Å². The van der Waals surface area contributed by atoms with Crippen LogP contribution >= 0.6 is 0 Å². The number of likely N-dealkylation sites (tertiary alicyclic amines) is 1. The summed E-state index contributed by atoms with van der Waals surface area (Å²) in [6.45, 7) is 0.507. The zero-order valence-corrected chi connectivity index (χ0v) is 9.39. The number of amides is 1. The lowest BCUT2D eigenvalue weighted by Crippen LogP contribution is -2.46. The van der Waals surface area contributed by atoms with E-state index in [1.165, 1.54) is 4.90 Å². The minimum absolute atomic E-state index is 0.0196. The molecule has 1 fully saturated rings. The third kappa shape index (κ3) is 4.65. The van der Waals surface area contributed by atoms with E-state index in [1.807, 2.05) is 0 Å². The van der Waals surface area contributed by atoms with Crippen LogP contribution in [0.25, 0.3) is 0 Å². The summed E-state index contributed by atoms with van der Waals surface area (Å²) in [4.78, 5) is 12.8. The van der Waals surface area contributed by atoms with Crippen molar-refractivity contribution in [1.82, 2.24) is 10.2 Å². The van der Waals surface area contributed by atoms with Gasteiger partial charge in [-0.2, -0.15) is 13.2 Å². The second-order valence-electron chi connectivity index (χ2n) is 4.10. The van der Waals surface area contributed by atoms with Gasteiger partial charge in [0.1, 0.15) is 0 Å². The molecule has 1 N–H and O–H groups in total. The van der Waals surface area contributed by atoms with Crippen LogP contribution in [0.3, 0.4) is 0 Å². The molecule has 1 aliphatic heterocycles. The molecule has 96 valence electrons. The quantitative estimate of drug-likeness (QED) is 0.756. The molecule has 0 spiro atoms. The minimum Gasteiger partial charge on any atom is -0.344 e. The van der Waals surface area contributed by atoms with Gasteiger partial charge in [-0.1, -0.05) is 5.92 Å². The Kier molecular flexibility index (Phi) is 4.82. The molecule has 1 heterocycles. The van der Waals surface area contributed by atoms with Crippen LogP contribution in [0.4, 0.5) is 13.2 Å². The maximum absolute atomic E-state index is 12.5. The molecule has 1 amide bonds. The summed E-state index contributed by atoms with van der Waals surface area (Å²) in [6, 6.07) is 0. The fourth-order valence-corrected chi connectivity index (χ4v) is 1.87. The molecule has 0 saturated carbocycles. The molecule has 1 saturated heterocycles. The van der Waals surface area contributed by atoms with Crippen LogP contribution in [0.15, 0.2) is 0 Å². The fraction of sp³-hybridized carbons (Fsp3) is 0.727.